The predicted molar refractivity (Wildman–Crippen MR) is 50.7 cm³/mol. The number of hydrogen-bond donors (Lipinski definition) is 1. The van der Waals surface area contributed by atoms with E-state index < -0.39 is 0 Å². The average Bonchev–Trinajstić information content (AvgIpc) is 2.91. The molecule has 0 saturated heterocycles. The lowest BCUT2D eigenvalue weighted by Crippen LogP contribution is -2.17. The third-order valence-electron chi connectivity index (χ3n) is 2.25. The molecule has 0 aromatic carbocycles. The van der Waals surface area contributed by atoms with Crippen molar-refractivity contribution in [2.45, 2.75) is 12.8 Å². The molecule has 0 atom stereocenters. The van der Waals surface area contributed by atoms with Gasteiger partial charge in [0.2, 0.25) is 0 Å². The number of anilines is 1. The van der Waals surface area contributed by atoms with Crippen molar-refractivity contribution in [1.82, 2.24) is 9.55 Å². The zero-order chi connectivity index (χ0) is 9.26. The molecule has 0 unspecified atom stereocenters. The molecule has 4 nitrogen and oxygen atoms in total. The smallest absolute Gasteiger partial charge is 0.255 e. The first-order valence-electron chi connectivity index (χ1n) is 4.52. The Labute approximate surface area is 76.6 Å². The lowest BCUT2D eigenvalue weighted by atomic mass is 10.4. The number of nitrogens with one attached hydrogen (secondary N) is 1. The normalized spacial score (nSPS) is 15.8. The van der Waals surface area contributed by atoms with Crippen LogP contribution in [0.2, 0.25) is 0 Å². The zero-order valence-electron chi connectivity index (χ0n) is 7.66. The second-order valence-electron chi connectivity index (χ2n) is 3.55. The molecule has 1 aliphatic carbocycles. The standard InChI is InChI=1S/C9H13N3O/c1-12-6-11-8(4-9(12)13)10-5-7-2-3-7/h4,6-7,10H,2-3,5H2,1H3. The Morgan fingerprint density at radius 3 is 3.08 bits per heavy atom. The summed E-state index contributed by atoms with van der Waals surface area (Å²) in [4.78, 5) is 15.3. The first-order valence-corrected chi connectivity index (χ1v) is 4.52. The van der Waals surface area contributed by atoms with Gasteiger partial charge in [0.1, 0.15) is 5.82 Å². The molecule has 1 N–H and O–H groups in total. The van der Waals surface area contributed by atoms with Gasteiger partial charge in [-0.25, -0.2) is 4.98 Å². The van der Waals surface area contributed by atoms with E-state index in [0.717, 1.165) is 12.5 Å². The third-order valence-corrected chi connectivity index (χ3v) is 2.25. The first-order chi connectivity index (χ1) is 6.25. The first kappa shape index (κ1) is 8.29. The van der Waals surface area contributed by atoms with E-state index in [1.54, 1.807) is 7.05 Å². The summed E-state index contributed by atoms with van der Waals surface area (Å²) in [5.74, 6) is 1.49. The van der Waals surface area contributed by atoms with Gasteiger partial charge in [0.05, 0.1) is 6.33 Å². The molecule has 0 aliphatic heterocycles. The minimum atomic E-state index is -0.0201. The maximum absolute atomic E-state index is 11.2. The van der Waals surface area contributed by atoms with Crippen LogP contribution >= 0.6 is 0 Å². The highest BCUT2D eigenvalue weighted by molar-refractivity contribution is 5.31. The summed E-state index contributed by atoms with van der Waals surface area (Å²) < 4.78 is 1.46. The van der Waals surface area contributed by atoms with Gasteiger partial charge in [-0.15, -0.1) is 0 Å². The van der Waals surface area contributed by atoms with E-state index in [1.807, 2.05) is 0 Å². The molecule has 0 bridgehead atoms. The molecule has 13 heavy (non-hydrogen) atoms. The van der Waals surface area contributed by atoms with Crippen molar-refractivity contribution in [3.63, 3.8) is 0 Å². The summed E-state index contributed by atoms with van der Waals surface area (Å²) in [6.45, 7) is 0.945. The number of rotatable bonds is 3. The molecular weight excluding hydrogens is 166 g/mol. The van der Waals surface area contributed by atoms with Crippen LogP contribution in [0, 0.1) is 5.92 Å². The Balaban J connectivity index is 2.03. The molecule has 4 heteroatoms. The fraction of sp³-hybridized carbons (Fsp3) is 0.556. The van der Waals surface area contributed by atoms with Crippen LogP contribution in [-0.4, -0.2) is 16.1 Å². The monoisotopic (exact) mass is 179 g/mol. The molecule has 2 rings (SSSR count). The Bertz CT molecular complexity index is 354. The molecule has 1 aromatic rings. The third kappa shape index (κ3) is 2.08. The van der Waals surface area contributed by atoms with Crippen molar-refractivity contribution < 1.29 is 0 Å². The van der Waals surface area contributed by atoms with Crippen molar-refractivity contribution in [2.24, 2.45) is 13.0 Å². The van der Waals surface area contributed by atoms with Crippen molar-refractivity contribution in [3.8, 4) is 0 Å². The predicted octanol–water partition coefficient (Wildman–Crippen LogP) is 0.602. The van der Waals surface area contributed by atoms with Crippen LogP contribution in [0.5, 0.6) is 0 Å². The molecule has 1 aliphatic rings. The van der Waals surface area contributed by atoms with Crippen LogP contribution in [0.1, 0.15) is 12.8 Å². The van der Waals surface area contributed by atoms with Crippen molar-refractivity contribution in [2.75, 3.05) is 11.9 Å². The van der Waals surface area contributed by atoms with Crippen LogP contribution in [0.4, 0.5) is 5.82 Å². The summed E-state index contributed by atoms with van der Waals surface area (Å²) in [5, 5.41) is 3.15. The Hall–Kier alpha value is -1.32. The van der Waals surface area contributed by atoms with Gasteiger partial charge in [0.25, 0.3) is 5.56 Å². The lowest BCUT2D eigenvalue weighted by molar-refractivity contribution is 0.816. The van der Waals surface area contributed by atoms with Gasteiger partial charge in [-0.2, -0.15) is 0 Å². The second kappa shape index (κ2) is 3.20. The maximum Gasteiger partial charge on any atom is 0.255 e. The van der Waals surface area contributed by atoms with Crippen molar-refractivity contribution in [3.05, 3.63) is 22.7 Å². The fourth-order valence-electron chi connectivity index (χ4n) is 1.13. The molecule has 1 fully saturated rings. The highest BCUT2D eigenvalue weighted by atomic mass is 16.1. The van der Waals surface area contributed by atoms with Crippen LogP contribution < -0.4 is 10.9 Å². The molecule has 1 aromatic heterocycles. The van der Waals surface area contributed by atoms with Gasteiger partial charge in [0.15, 0.2) is 0 Å². The van der Waals surface area contributed by atoms with Crippen LogP contribution in [0.15, 0.2) is 17.2 Å². The number of nitrogens with zero attached hydrogens (tertiary/aromatic N) is 2. The summed E-state index contributed by atoms with van der Waals surface area (Å²) >= 11 is 0. The Kier molecular flexibility index (Phi) is 2.04. The van der Waals surface area contributed by atoms with E-state index in [-0.39, 0.29) is 5.56 Å². The van der Waals surface area contributed by atoms with Gasteiger partial charge < -0.3 is 9.88 Å². The summed E-state index contributed by atoms with van der Waals surface area (Å²) in [7, 11) is 1.69. The molecule has 0 amide bonds. The van der Waals surface area contributed by atoms with Crippen LogP contribution in [-0.2, 0) is 7.05 Å². The van der Waals surface area contributed by atoms with Gasteiger partial charge in [-0.05, 0) is 18.8 Å². The number of aromatic nitrogens is 2. The molecular formula is C9H13N3O. The van der Waals surface area contributed by atoms with E-state index in [0.29, 0.717) is 5.82 Å². The fourth-order valence-corrected chi connectivity index (χ4v) is 1.13. The lowest BCUT2D eigenvalue weighted by Gasteiger charge is -2.03. The van der Waals surface area contributed by atoms with E-state index in [1.165, 1.54) is 29.8 Å². The summed E-state index contributed by atoms with van der Waals surface area (Å²) in [6, 6.07) is 1.53. The van der Waals surface area contributed by atoms with Gasteiger partial charge >= 0.3 is 0 Å². The van der Waals surface area contributed by atoms with E-state index in [2.05, 4.69) is 10.3 Å². The highest BCUT2D eigenvalue weighted by Gasteiger charge is 2.20. The van der Waals surface area contributed by atoms with Gasteiger partial charge in [-0.1, -0.05) is 0 Å². The second-order valence-corrected chi connectivity index (χ2v) is 3.55. The number of aryl methyl sites for hydroxylation is 1. The Morgan fingerprint density at radius 1 is 1.69 bits per heavy atom. The zero-order valence-corrected chi connectivity index (χ0v) is 7.66. The van der Waals surface area contributed by atoms with Crippen molar-refractivity contribution in [1.29, 1.82) is 0 Å². The van der Waals surface area contributed by atoms with E-state index >= 15 is 0 Å². The van der Waals surface area contributed by atoms with Gasteiger partial charge in [-0.3, -0.25) is 4.79 Å². The van der Waals surface area contributed by atoms with Crippen molar-refractivity contribution >= 4 is 5.82 Å². The minimum absolute atomic E-state index is 0.0201. The SMILES string of the molecule is Cn1cnc(NCC2CC2)cc1=O. The average molecular weight is 179 g/mol. The highest BCUT2D eigenvalue weighted by Crippen LogP contribution is 2.28. The topological polar surface area (TPSA) is 46.9 Å². The van der Waals surface area contributed by atoms with Gasteiger partial charge in [0, 0.05) is 19.7 Å². The van der Waals surface area contributed by atoms with E-state index in [9.17, 15) is 4.79 Å². The minimum Gasteiger partial charge on any atom is -0.370 e. The Morgan fingerprint density at radius 2 is 2.46 bits per heavy atom. The molecule has 0 radical (unpaired) electrons. The number of hydrogen-bond acceptors (Lipinski definition) is 3. The molecule has 1 saturated carbocycles. The van der Waals surface area contributed by atoms with Crippen LogP contribution in [0.25, 0.3) is 0 Å². The van der Waals surface area contributed by atoms with E-state index in [4.69, 9.17) is 0 Å². The van der Waals surface area contributed by atoms with Crippen LogP contribution in [0.3, 0.4) is 0 Å². The molecule has 0 spiro atoms. The maximum atomic E-state index is 11.2. The molecule has 1 heterocycles. The largest absolute Gasteiger partial charge is 0.370 e. The molecule has 70 valence electrons. The summed E-state index contributed by atoms with van der Waals surface area (Å²) in [6.07, 6.45) is 4.15. The quantitative estimate of drug-likeness (QED) is 0.739. The summed E-state index contributed by atoms with van der Waals surface area (Å²) in [5.41, 5.74) is -0.0201.